The average molecular weight is 299 g/mol. The minimum absolute atomic E-state index is 0.169. The van der Waals surface area contributed by atoms with E-state index in [1.807, 2.05) is 13.8 Å². The Bertz CT molecular complexity index is 335. The lowest BCUT2D eigenvalue weighted by Gasteiger charge is -2.41. The summed E-state index contributed by atoms with van der Waals surface area (Å²) in [6.07, 6.45) is 3.26. The Morgan fingerprint density at radius 2 is 2.19 bits per heavy atom. The van der Waals surface area contributed by atoms with E-state index < -0.39 is 5.54 Å². The molecule has 1 heterocycles. The van der Waals surface area contributed by atoms with Crippen LogP contribution in [0.5, 0.6) is 0 Å². The highest BCUT2D eigenvalue weighted by molar-refractivity contribution is 5.80. The third-order valence-corrected chi connectivity index (χ3v) is 4.69. The molecule has 0 bridgehead atoms. The van der Waals surface area contributed by atoms with Crippen molar-refractivity contribution in [2.75, 3.05) is 40.8 Å². The SMILES string of the molecule is CCNC(C)(CC(C)N1CCCC(N(C)C)C1)C(=O)OC. The molecule has 1 fully saturated rings. The van der Waals surface area contributed by atoms with E-state index in [4.69, 9.17) is 4.74 Å². The Hall–Kier alpha value is -0.650. The number of likely N-dealkylation sites (N-methyl/N-ethyl adjacent to an activating group) is 2. The van der Waals surface area contributed by atoms with Crippen molar-refractivity contribution in [3.8, 4) is 0 Å². The molecule has 0 aromatic rings. The van der Waals surface area contributed by atoms with Gasteiger partial charge in [-0.1, -0.05) is 6.92 Å². The first-order valence-electron chi connectivity index (χ1n) is 8.08. The van der Waals surface area contributed by atoms with E-state index in [1.54, 1.807) is 0 Å². The van der Waals surface area contributed by atoms with Gasteiger partial charge in [-0.3, -0.25) is 9.69 Å². The van der Waals surface area contributed by atoms with E-state index in [0.717, 1.165) is 26.1 Å². The topological polar surface area (TPSA) is 44.8 Å². The molecule has 0 spiro atoms. The summed E-state index contributed by atoms with van der Waals surface area (Å²) in [7, 11) is 5.76. The van der Waals surface area contributed by atoms with Gasteiger partial charge in [-0.05, 0) is 60.3 Å². The molecule has 0 aromatic heterocycles. The van der Waals surface area contributed by atoms with E-state index in [0.29, 0.717) is 12.1 Å². The summed E-state index contributed by atoms with van der Waals surface area (Å²) in [5.41, 5.74) is -0.603. The van der Waals surface area contributed by atoms with Crippen LogP contribution in [0.2, 0.25) is 0 Å². The van der Waals surface area contributed by atoms with Crippen molar-refractivity contribution in [3.05, 3.63) is 0 Å². The molecule has 3 atom stereocenters. The van der Waals surface area contributed by atoms with Crippen LogP contribution in [0.25, 0.3) is 0 Å². The van der Waals surface area contributed by atoms with E-state index in [9.17, 15) is 4.79 Å². The number of likely N-dealkylation sites (tertiary alicyclic amines) is 1. The van der Waals surface area contributed by atoms with Crippen LogP contribution in [-0.4, -0.2) is 74.2 Å². The standard InChI is InChI=1S/C16H33N3O2/c1-7-17-16(3,15(20)21-6)11-13(2)19-10-8-9-14(12-19)18(4)5/h13-14,17H,7-12H2,1-6H3. The van der Waals surface area contributed by atoms with E-state index in [1.165, 1.54) is 20.0 Å². The Morgan fingerprint density at radius 1 is 1.52 bits per heavy atom. The van der Waals surface area contributed by atoms with Crippen LogP contribution in [0.15, 0.2) is 0 Å². The third kappa shape index (κ3) is 4.94. The van der Waals surface area contributed by atoms with Gasteiger partial charge in [0.15, 0.2) is 0 Å². The predicted octanol–water partition coefficient (Wildman–Crippen LogP) is 1.33. The van der Waals surface area contributed by atoms with E-state index in [2.05, 4.69) is 36.1 Å². The van der Waals surface area contributed by atoms with Crippen molar-refractivity contribution >= 4 is 5.97 Å². The normalized spacial score (nSPS) is 24.6. The van der Waals surface area contributed by atoms with Crippen LogP contribution < -0.4 is 5.32 Å². The number of methoxy groups -OCH3 is 1. The Kier molecular flexibility index (Phi) is 7.10. The Labute approximate surface area is 130 Å². The van der Waals surface area contributed by atoms with Crippen LogP contribution in [0.1, 0.15) is 40.0 Å². The zero-order chi connectivity index (χ0) is 16.0. The van der Waals surface area contributed by atoms with Gasteiger partial charge in [0.25, 0.3) is 0 Å². The smallest absolute Gasteiger partial charge is 0.325 e. The summed E-state index contributed by atoms with van der Waals surface area (Å²) in [6, 6.07) is 0.973. The molecule has 0 saturated carbocycles. The van der Waals surface area contributed by atoms with Gasteiger partial charge in [0.2, 0.25) is 0 Å². The molecule has 1 rings (SSSR count). The fourth-order valence-electron chi connectivity index (χ4n) is 3.37. The lowest BCUT2D eigenvalue weighted by atomic mass is 9.91. The summed E-state index contributed by atoms with van der Waals surface area (Å²) in [5.74, 6) is -0.169. The third-order valence-electron chi connectivity index (χ3n) is 4.69. The van der Waals surface area contributed by atoms with Crippen molar-refractivity contribution in [1.82, 2.24) is 15.1 Å². The first kappa shape index (κ1) is 18.4. The number of nitrogens with zero attached hydrogens (tertiary/aromatic N) is 2. The van der Waals surface area contributed by atoms with Crippen molar-refractivity contribution in [2.45, 2.75) is 57.7 Å². The molecule has 0 aromatic carbocycles. The highest BCUT2D eigenvalue weighted by atomic mass is 16.5. The van der Waals surface area contributed by atoms with Crippen LogP contribution in [0.3, 0.4) is 0 Å². The largest absolute Gasteiger partial charge is 0.468 e. The molecular weight excluding hydrogens is 266 g/mol. The van der Waals surface area contributed by atoms with E-state index >= 15 is 0 Å². The monoisotopic (exact) mass is 299 g/mol. The summed E-state index contributed by atoms with van der Waals surface area (Å²) < 4.78 is 4.99. The molecule has 124 valence electrons. The lowest BCUT2D eigenvalue weighted by Crippen LogP contribution is -2.56. The number of ether oxygens (including phenoxy) is 1. The number of carbonyl (C=O) groups is 1. The molecule has 21 heavy (non-hydrogen) atoms. The van der Waals surface area contributed by atoms with Crippen molar-refractivity contribution in [2.24, 2.45) is 0 Å². The number of piperidine rings is 1. The molecule has 5 nitrogen and oxygen atoms in total. The summed E-state index contributed by atoms with van der Waals surface area (Å²) in [4.78, 5) is 16.9. The Morgan fingerprint density at radius 3 is 2.71 bits per heavy atom. The summed E-state index contributed by atoms with van der Waals surface area (Å²) >= 11 is 0. The highest BCUT2D eigenvalue weighted by Gasteiger charge is 2.37. The summed E-state index contributed by atoms with van der Waals surface area (Å²) in [6.45, 7) is 9.16. The van der Waals surface area contributed by atoms with Gasteiger partial charge >= 0.3 is 5.97 Å². The molecule has 0 amide bonds. The number of hydrogen-bond donors (Lipinski definition) is 1. The van der Waals surface area contributed by atoms with Gasteiger partial charge in [0, 0.05) is 18.6 Å². The van der Waals surface area contributed by atoms with Crippen LogP contribution in [-0.2, 0) is 9.53 Å². The quantitative estimate of drug-likeness (QED) is 0.719. The number of nitrogens with one attached hydrogen (secondary N) is 1. The Balaban J connectivity index is 2.68. The molecule has 0 radical (unpaired) electrons. The molecule has 1 N–H and O–H groups in total. The first-order chi connectivity index (χ1) is 9.84. The second-order valence-corrected chi connectivity index (χ2v) is 6.66. The number of rotatable bonds is 7. The highest BCUT2D eigenvalue weighted by Crippen LogP contribution is 2.22. The van der Waals surface area contributed by atoms with Gasteiger partial charge in [-0.2, -0.15) is 0 Å². The van der Waals surface area contributed by atoms with Crippen LogP contribution in [0.4, 0.5) is 0 Å². The zero-order valence-corrected chi connectivity index (χ0v) is 14.6. The second-order valence-electron chi connectivity index (χ2n) is 6.66. The average Bonchev–Trinajstić information content (AvgIpc) is 2.46. The van der Waals surface area contributed by atoms with Crippen molar-refractivity contribution < 1.29 is 9.53 Å². The maximum absolute atomic E-state index is 12.1. The minimum Gasteiger partial charge on any atom is -0.468 e. The fraction of sp³-hybridized carbons (Fsp3) is 0.938. The van der Waals surface area contributed by atoms with Gasteiger partial charge in [-0.25, -0.2) is 0 Å². The second kappa shape index (κ2) is 8.11. The van der Waals surface area contributed by atoms with Gasteiger partial charge in [0.05, 0.1) is 7.11 Å². The number of carbonyl (C=O) groups excluding carboxylic acids is 1. The van der Waals surface area contributed by atoms with Gasteiger partial charge < -0.3 is 15.0 Å². The first-order valence-corrected chi connectivity index (χ1v) is 8.08. The predicted molar refractivity (Wildman–Crippen MR) is 86.5 cm³/mol. The van der Waals surface area contributed by atoms with Gasteiger partial charge in [0.1, 0.15) is 5.54 Å². The maximum atomic E-state index is 12.1. The van der Waals surface area contributed by atoms with Crippen LogP contribution in [0, 0.1) is 0 Å². The maximum Gasteiger partial charge on any atom is 0.325 e. The number of esters is 1. The van der Waals surface area contributed by atoms with Crippen molar-refractivity contribution in [3.63, 3.8) is 0 Å². The molecular formula is C16H33N3O2. The van der Waals surface area contributed by atoms with Crippen molar-refractivity contribution in [1.29, 1.82) is 0 Å². The molecule has 3 unspecified atom stereocenters. The minimum atomic E-state index is -0.603. The summed E-state index contributed by atoms with van der Waals surface area (Å²) in [5, 5.41) is 3.30. The van der Waals surface area contributed by atoms with Crippen LogP contribution >= 0.6 is 0 Å². The zero-order valence-electron chi connectivity index (χ0n) is 14.6. The molecule has 1 aliphatic heterocycles. The van der Waals surface area contributed by atoms with E-state index in [-0.39, 0.29) is 5.97 Å². The molecule has 5 heteroatoms. The molecule has 1 aliphatic rings. The molecule has 0 aliphatic carbocycles. The molecule has 1 saturated heterocycles. The van der Waals surface area contributed by atoms with Gasteiger partial charge in [-0.15, -0.1) is 0 Å². The lowest BCUT2D eigenvalue weighted by molar-refractivity contribution is -0.148. The fourth-order valence-corrected chi connectivity index (χ4v) is 3.37. The number of hydrogen-bond acceptors (Lipinski definition) is 5.